The molecule has 0 saturated carbocycles. The van der Waals surface area contributed by atoms with Crippen LogP contribution in [0.2, 0.25) is 0 Å². The number of nitrogens with zero attached hydrogens (tertiary/aromatic N) is 2. The van der Waals surface area contributed by atoms with Crippen LogP contribution in [0.5, 0.6) is 5.75 Å². The molecule has 0 atom stereocenters. The van der Waals surface area contributed by atoms with Gasteiger partial charge in [0.05, 0.1) is 11.2 Å². The van der Waals surface area contributed by atoms with Crippen LogP contribution in [-0.2, 0) is 6.61 Å². The molecule has 134 valence electrons. The van der Waals surface area contributed by atoms with E-state index in [9.17, 15) is 4.79 Å². The molecular formula is C21H22N2O2S. The van der Waals surface area contributed by atoms with Crippen molar-refractivity contribution in [2.75, 3.05) is 11.4 Å². The Kier molecular flexibility index (Phi) is 5.68. The molecule has 0 bridgehead atoms. The highest BCUT2D eigenvalue weighted by Gasteiger charge is 2.18. The number of carbonyl (C=O) groups excluding carboxylic acids is 1. The normalized spacial score (nSPS) is 10.6. The zero-order valence-corrected chi connectivity index (χ0v) is 16.0. The third kappa shape index (κ3) is 4.11. The molecule has 0 radical (unpaired) electrons. The van der Waals surface area contributed by atoms with Gasteiger partial charge in [0.2, 0.25) is 0 Å². The molecule has 0 N–H and O–H groups in total. The van der Waals surface area contributed by atoms with Gasteiger partial charge in [-0.15, -0.1) is 11.3 Å². The summed E-state index contributed by atoms with van der Waals surface area (Å²) in [7, 11) is 0. The summed E-state index contributed by atoms with van der Waals surface area (Å²) in [5.41, 5.74) is 6.45. The summed E-state index contributed by atoms with van der Waals surface area (Å²) >= 11 is 1.54. The highest BCUT2D eigenvalue weighted by atomic mass is 32.1. The van der Waals surface area contributed by atoms with Crippen molar-refractivity contribution in [2.45, 2.75) is 27.4 Å². The molecule has 3 aromatic rings. The van der Waals surface area contributed by atoms with Crippen molar-refractivity contribution in [3.8, 4) is 5.75 Å². The molecule has 2 aromatic carbocycles. The smallest absolute Gasteiger partial charge is 0.258 e. The van der Waals surface area contributed by atoms with Crippen molar-refractivity contribution in [1.82, 2.24) is 4.98 Å². The molecule has 0 unspecified atom stereocenters. The van der Waals surface area contributed by atoms with Gasteiger partial charge in [0, 0.05) is 23.2 Å². The molecule has 0 spiro atoms. The maximum atomic E-state index is 13.1. The standard InChI is InChI=1S/C21H22N2O2S/c1-4-23(20-10-15(2)8-9-16(20)3)21(24)17-6-5-7-19(11-17)25-12-18-13-26-14-22-18/h5-11,13-14H,4,12H2,1-3H3. The van der Waals surface area contributed by atoms with E-state index in [1.54, 1.807) is 11.6 Å². The van der Waals surface area contributed by atoms with E-state index in [1.807, 2.05) is 55.3 Å². The van der Waals surface area contributed by atoms with E-state index in [1.165, 1.54) is 11.3 Å². The number of amides is 1. The highest BCUT2D eigenvalue weighted by molar-refractivity contribution is 7.07. The largest absolute Gasteiger partial charge is 0.487 e. The highest BCUT2D eigenvalue weighted by Crippen LogP contribution is 2.24. The van der Waals surface area contributed by atoms with Gasteiger partial charge in [0.25, 0.3) is 5.91 Å². The second kappa shape index (κ2) is 8.15. The summed E-state index contributed by atoms with van der Waals surface area (Å²) < 4.78 is 5.78. The van der Waals surface area contributed by atoms with Crippen LogP contribution in [-0.4, -0.2) is 17.4 Å². The van der Waals surface area contributed by atoms with Crippen molar-refractivity contribution < 1.29 is 9.53 Å². The van der Waals surface area contributed by atoms with Crippen molar-refractivity contribution in [3.05, 3.63) is 75.7 Å². The molecule has 3 rings (SSSR count). The van der Waals surface area contributed by atoms with Gasteiger partial charge in [-0.25, -0.2) is 4.98 Å². The predicted octanol–water partition coefficient (Wildman–Crippen LogP) is 5.01. The van der Waals surface area contributed by atoms with Crippen molar-refractivity contribution >= 4 is 22.9 Å². The van der Waals surface area contributed by atoms with Gasteiger partial charge in [-0.2, -0.15) is 0 Å². The van der Waals surface area contributed by atoms with Gasteiger partial charge in [-0.3, -0.25) is 4.79 Å². The SMILES string of the molecule is CCN(C(=O)c1cccc(OCc2cscn2)c1)c1cc(C)ccc1C. The summed E-state index contributed by atoms with van der Waals surface area (Å²) in [6.45, 7) is 7.05. The molecule has 1 aromatic heterocycles. The first-order valence-corrected chi connectivity index (χ1v) is 9.52. The number of benzene rings is 2. The number of carbonyl (C=O) groups is 1. The number of hydrogen-bond acceptors (Lipinski definition) is 4. The zero-order chi connectivity index (χ0) is 18.5. The van der Waals surface area contributed by atoms with Crippen LogP contribution in [0.4, 0.5) is 5.69 Å². The summed E-state index contributed by atoms with van der Waals surface area (Å²) in [4.78, 5) is 19.1. The average Bonchev–Trinajstić information content (AvgIpc) is 3.17. The van der Waals surface area contributed by atoms with E-state index < -0.39 is 0 Å². The number of thiazole rings is 1. The maximum Gasteiger partial charge on any atom is 0.258 e. The minimum absolute atomic E-state index is 0.0275. The van der Waals surface area contributed by atoms with Crippen LogP contribution in [0.25, 0.3) is 0 Å². The minimum atomic E-state index is -0.0275. The molecule has 0 aliphatic carbocycles. The molecular weight excluding hydrogens is 344 g/mol. The predicted molar refractivity (Wildman–Crippen MR) is 106 cm³/mol. The molecule has 0 aliphatic heterocycles. The molecule has 26 heavy (non-hydrogen) atoms. The Morgan fingerprint density at radius 1 is 1.19 bits per heavy atom. The summed E-state index contributed by atoms with van der Waals surface area (Å²) in [6.07, 6.45) is 0. The van der Waals surface area contributed by atoms with E-state index in [2.05, 4.69) is 17.1 Å². The third-order valence-electron chi connectivity index (χ3n) is 4.17. The fraction of sp³-hybridized carbons (Fsp3) is 0.238. The minimum Gasteiger partial charge on any atom is -0.487 e. The second-order valence-corrected chi connectivity index (χ2v) is 6.85. The number of aryl methyl sites for hydroxylation is 2. The number of rotatable bonds is 6. The first kappa shape index (κ1) is 18.1. The maximum absolute atomic E-state index is 13.1. The van der Waals surface area contributed by atoms with Crippen molar-refractivity contribution in [3.63, 3.8) is 0 Å². The monoisotopic (exact) mass is 366 g/mol. The van der Waals surface area contributed by atoms with Gasteiger partial charge in [-0.05, 0) is 56.2 Å². The summed E-state index contributed by atoms with van der Waals surface area (Å²) in [5.74, 6) is 0.640. The lowest BCUT2D eigenvalue weighted by Crippen LogP contribution is -2.31. The fourth-order valence-electron chi connectivity index (χ4n) is 2.77. The molecule has 0 aliphatic rings. The molecule has 4 nitrogen and oxygen atoms in total. The van der Waals surface area contributed by atoms with E-state index in [0.717, 1.165) is 22.5 Å². The van der Waals surface area contributed by atoms with E-state index in [4.69, 9.17) is 4.74 Å². The lowest BCUT2D eigenvalue weighted by molar-refractivity contribution is 0.0987. The summed E-state index contributed by atoms with van der Waals surface area (Å²) in [6, 6.07) is 13.5. The Labute approximate surface area is 158 Å². The molecule has 1 heterocycles. The Morgan fingerprint density at radius 2 is 2.04 bits per heavy atom. The van der Waals surface area contributed by atoms with E-state index >= 15 is 0 Å². The first-order chi connectivity index (χ1) is 12.6. The number of hydrogen-bond donors (Lipinski definition) is 0. The van der Waals surface area contributed by atoms with Gasteiger partial charge in [0.1, 0.15) is 12.4 Å². The first-order valence-electron chi connectivity index (χ1n) is 8.57. The number of ether oxygens (including phenoxy) is 1. The Bertz CT molecular complexity index is 891. The van der Waals surface area contributed by atoms with Crippen LogP contribution < -0.4 is 9.64 Å². The second-order valence-electron chi connectivity index (χ2n) is 6.14. The lowest BCUT2D eigenvalue weighted by Gasteiger charge is -2.23. The fourth-order valence-corrected chi connectivity index (χ4v) is 3.32. The van der Waals surface area contributed by atoms with Crippen LogP contribution in [0.1, 0.15) is 34.1 Å². The summed E-state index contributed by atoms with van der Waals surface area (Å²) in [5, 5.41) is 1.95. The van der Waals surface area contributed by atoms with Gasteiger partial charge >= 0.3 is 0 Å². The third-order valence-corrected chi connectivity index (χ3v) is 4.80. The van der Waals surface area contributed by atoms with E-state index in [0.29, 0.717) is 24.5 Å². The van der Waals surface area contributed by atoms with E-state index in [-0.39, 0.29) is 5.91 Å². The van der Waals surface area contributed by atoms with Crippen molar-refractivity contribution in [1.29, 1.82) is 0 Å². The zero-order valence-electron chi connectivity index (χ0n) is 15.2. The lowest BCUT2D eigenvalue weighted by atomic mass is 10.1. The molecule has 1 amide bonds. The van der Waals surface area contributed by atoms with Gasteiger partial charge < -0.3 is 9.64 Å². The number of aromatic nitrogens is 1. The number of anilines is 1. The van der Waals surface area contributed by atoms with Crippen LogP contribution in [0.15, 0.2) is 53.4 Å². The Morgan fingerprint density at radius 3 is 2.77 bits per heavy atom. The molecule has 0 fully saturated rings. The quantitative estimate of drug-likeness (QED) is 0.616. The van der Waals surface area contributed by atoms with Crippen LogP contribution in [0.3, 0.4) is 0 Å². The topological polar surface area (TPSA) is 42.4 Å². The molecule has 0 saturated heterocycles. The van der Waals surface area contributed by atoms with Crippen LogP contribution >= 0.6 is 11.3 Å². The van der Waals surface area contributed by atoms with Crippen LogP contribution in [0, 0.1) is 13.8 Å². The van der Waals surface area contributed by atoms with Crippen molar-refractivity contribution in [2.24, 2.45) is 0 Å². The Hall–Kier alpha value is -2.66. The van der Waals surface area contributed by atoms with Gasteiger partial charge in [-0.1, -0.05) is 18.2 Å². The van der Waals surface area contributed by atoms with Gasteiger partial charge in [0.15, 0.2) is 0 Å². The average molecular weight is 366 g/mol. The molecule has 5 heteroatoms. The Balaban J connectivity index is 1.81.